The highest BCUT2D eigenvalue weighted by Gasteiger charge is 2.24. The van der Waals surface area contributed by atoms with Crippen LogP contribution in [0.25, 0.3) is 10.2 Å². The van der Waals surface area contributed by atoms with E-state index in [4.69, 9.17) is 0 Å². The average Bonchev–Trinajstić information content (AvgIpc) is 3.26. The van der Waals surface area contributed by atoms with Crippen LogP contribution in [0.1, 0.15) is 53.7 Å². The number of nitrogens with zero attached hydrogens (tertiary/aromatic N) is 3. The third-order valence-corrected chi connectivity index (χ3v) is 7.10. The molecule has 0 radical (unpaired) electrons. The Morgan fingerprint density at radius 1 is 1.30 bits per heavy atom. The third kappa shape index (κ3) is 3.55. The first-order valence-corrected chi connectivity index (χ1v) is 10.9. The SMILES string of the molecule is CCCN1CCC(CNC(=O)c2sc3nc4n(c(=O)c3c2C)CCC4)CC1. The first-order chi connectivity index (χ1) is 13.1. The number of thiophene rings is 1. The van der Waals surface area contributed by atoms with Gasteiger partial charge in [-0.3, -0.25) is 14.2 Å². The van der Waals surface area contributed by atoms with E-state index in [2.05, 4.69) is 22.1 Å². The predicted octanol–water partition coefficient (Wildman–Crippen LogP) is 2.56. The van der Waals surface area contributed by atoms with Crippen LogP contribution in [-0.2, 0) is 13.0 Å². The number of piperidine rings is 1. The maximum atomic E-state index is 12.8. The minimum absolute atomic E-state index is 0.0172. The minimum Gasteiger partial charge on any atom is -0.351 e. The fourth-order valence-electron chi connectivity index (χ4n) is 4.34. The Hall–Kier alpha value is -1.73. The van der Waals surface area contributed by atoms with E-state index < -0.39 is 0 Å². The van der Waals surface area contributed by atoms with Gasteiger partial charge in [0.25, 0.3) is 11.5 Å². The number of hydrogen-bond donors (Lipinski definition) is 1. The molecule has 146 valence electrons. The van der Waals surface area contributed by atoms with Crippen molar-refractivity contribution in [1.29, 1.82) is 0 Å². The summed E-state index contributed by atoms with van der Waals surface area (Å²) < 4.78 is 1.77. The number of aromatic nitrogens is 2. The molecule has 4 rings (SSSR count). The minimum atomic E-state index is -0.0592. The van der Waals surface area contributed by atoms with Crippen molar-refractivity contribution in [2.24, 2.45) is 5.92 Å². The van der Waals surface area contributed by atoms with E-state index in [1.54, 1.807) is 4.57 Å². The van der Waals surface area contributed by atoms with Gasteiger partial charge in [-0.25, -0.2) is 4.98 Å². The number of rotatable bonds is 5. The Labute approximate surface area is 163 Å². The van der Waals surface area contributed by atoms with E-state index in [1.807, 2.05) is 6.92 Å². The monoisotopic (exact) mass is 388 g/mol. The highest BCUT2D eigenvalue weighted by Crippen LogP contribution is 2.28. The molecule has 2 aliphatic rings. The maximum Gasteiger partial charge on any atom is 0.262 e. The second-order valence-corrected chi connectivity index (χ2v) is 8.82. The van der Waals surface area contributed by atoms with E-state index in [-0.39, 0.29) is 11.5 Å². The summed E-state index contributed by atoms with van der Waals surface area (Å²) >= 11 is 1.36. The molecule has 2 aromatic rings. The van der Waals surface area contributed by atoms with E-state index in [0.717, 1.165) is 63.3 Å². The Morgan fingerprint density at radius 2 is 2.07 bits per heavy atom. The zero-order valence-corrected chi connectivity index (χ0v) is 17.0. The number of carbonyl (C=O) groups is 1. The molecule has 2 aliphatic heterocycles. The Bertz CT molecular complexity index is 909. The summed E-state index contributed by atoms with van der Waals surface area (Å²) in [6, 6.07) is 0. The highest BCUT2D eigenvalue weighted by molar-refractivity contribution is 7.20. The number of likely N-dealkylation sites (tertiary alicyclic amines) is 1. The Morgan fingerprint density at radius 3 is 2.81 bits per heavy atom. The van der Waals surface area contributed by atoms with Gasteiger partial charge in [0, 0.05) is 19.5 Å². The lowest BCUT2D eigenvalue weighted by atomic mass is 9.96. The molecule has 1 N–H and O–H groups in total. The number of aryl methyl sites for hydroxylation is 2. The molecule has 7 heteroatoms. The molecule has 0 saturated carbocycles. The molecule has 0 aliphatic carbocycles. The number of fused-ring (bicyclic) bond motifs is 2. The topological polar surface area (TPSA) is 67.2 Å². The van der Waals surface area contributed by atoms with Crippen LogP contribution in [0.2, 0.25) is 0 Å². The molecule has 1 amide bonds. The van der Waals surface area contributed by atoms with Crippen LogP contribution in [0, 0.1) is 12.8 Å². The summed E-state index contributed by atoms with van der Waals surface area (Å²) in [6.45, 7) is 8.98. The molecule has 4 heterocycles. The normalized spacial score (nSPS) is 18.1. The average molecular weight is 389 g/mol. The Kier molecular flexibility index (Phi) is 5.32. The van der Waals surface area contributed by atoms with E-state index in [1.165, 1.54) is 24.3 Å². The smallest absolute Gasteiger partial charge is 0.262 e. The first-order valence-electron chi connectivity index (χ1n) is 10.1. The van der Waals surface area contributed by atoms with Crippen molar-refractivity contribution in [3.8, 4) is 0 Å². The molecule has 0 spiro atoms. The maximum absolute atomic E-state index is 12.8. The van der Waals surface area contributed by atoms with Crippen LogP contribution in [0.4, 0.5) is 0 Å². The van der Waals surface area contributed by atoms with Gasteiger partial charge in [-0.1, -0.05) is 6.92 Å². The lowest BCUT2D eigenvalue weighted by molar-refractivity contribution is 0.0940. The van der Waals surface area contributed by atoms with Crippen LogP contribution in [-0.4, -0.2) is 46.5 Å². The number of carbonyl (C=O) groups excluding carboxylic acids is 1. The molecule has 0 aromatic carbocycles. The van der Waals surface area contributed by atoms with Gasteiger partial charge < -0.3 is 10.2 Å². The lowest BCUT2D eigenvalue weighted by Gasteiger charge is -2.31. The van der Waals surface area contributed by atoms with Crippen molar-refractivity contribution in [3.63, 3.8) is 0 Å². The molecular weight excluding hydrogens is 360 g/mol. The van der Waals surface area contributed by atoms with Gasteiger partial charge in [0.15, 0.2) is 0 Å². The first kappa shape index (κ1) is 18.6. The van der Waals surface area contributed by atoms with Crippen LogP contribution < -0.4 is 10.9 Å². The summed E-state index contributed by atoms with van der Waals surface area (Å²) in [5.74, 6) is 1.35. The van der Waals surface area contributed by atoms with Crippen LogP contribution >= 0.6 is 11.3 Å². The summed E-state index contributed by atoms with van der Waals surface area (Å²) in [5.41, 5.74) is 0.800. The van der Waals surface area contributed by atoms with Crippen molar-refractivity contribution in [2.45, 2.75) is 52.5 Å². The van der Waals surface area contributed by atoms with E-state index in [9.17, 15) is 9.59 Å². The zero-order valence-electron chi connectivity index (χ0n) is 16.2. The van der Waals surface area contributed by atoms with E-state index >= 15 is 0 Å². The summed E-state index contributed by atoms with van der Waals surface area (Å²) in [6.07, 6.45) is 5.30. The summed E-state index contributed by atoms with van der Waals surface area (Å²) in [4.78, 5) is 34.0. The standard InChI is InChI=1S/C20H28N4O2S/c1-3-8-23-10-6-14(7-11-23)12-21-18(25)17-13(2)16-19(27-17)22-15-5-4-9-24(15)20(16)26/h14H,3-12H2,1-2H3,(H,21,25). The van der Waals surface area contributed by atoms with Crippen LogP contribution in [0.15, 0.2) is 4.79 Å². The zero-order chi connectivity index (χ0) is 19.0. The fraction of sp³-hybridized carbons (Fsp3) is 0.650. The van der Waals surface area contributed by atoms with Crippen molar-refractivity contribution < 1.29 is 4.79 Å². The van der Waals surface area contributed by atoms with Crippen molar-refractivity contribution in [2.75, 3.05) is 26.2 Å². The molecule has 6 nitrogen and oxygen atoms in total. The summed E-state index contributed by atoms with van der Waals surface area (Å²) in [7, 11) is 0. The van der Waals surface area contributed by atoms with Gasteiger partial charge in [-0.2, -0.15) is 0 Å². The van der Waals surface area contributed by atoms with Gasteiger partial charge in [-0.05, 0) is 63.7 Å². The molecule has 27 heavy (non-hydrogen) atoms. The van der Waals surface area contributed by atoms with Gasteiger partial charge in [0.05, 0.1) is 10.3 Å². The predicted molar refractivity (Wildman–Crippen MR) is 109 cm³/mol. The number of nitrogens with one attached hydrogen (secondary N) is 1. The van der Waals surface area contributed by atoms with E-state index in [0.29, 0.717) is 21.0 Å². The van der Waals surface area contributed by atoms with Gasteiger partial charge >= 0.3 is 0 Å². The Balaban J connectivity index is 1.45. The second-order valence-electron chi connectivity index (χ2n) is 7.82. The van der Waals surface area contributed by atoms with Crippen LogP contribution in [0.5, 0.6) is 0 Å². The van der Waals surface area contributed by atoms with Gasteiger partial charge in [-0.15, -0.1) is 11.3 Å². The third-order valence-electron chi connectivity index (χ3n) is 5.92. The quantitative estimate of drug-likeness (QED) is 0.855. The molecule has 1 fully saturated rings. The van der Waals surface area contributed by atoms with Gasteiger partial charge in [0.1, 0.15) is 10.7 Å². The largest absolute Gasteiger partial charge is 0.351 e. The van der Waals surface area contributed by atoms with Crippen LogP contribution in [0.3, 0.4) is 0 Å². The van der Waals surface area contributed by atoms with Crippen molar-refractivity contribution in [1.82, 2.24) is 19.8 Å². The second kappa shape index (κ2) is 7.72. The lowest BCUT2D eigenvalue weighted by Crippen LogP contribution is -2.38. The molecule has 0 bridgehead atoms. The highest BCUT2D eigenvalue weighted by atomic mass is 32.1. The summed E-state index contributed by atoms with van der Waals surface area (Å²) in [5, 5.41) is 3.74. The fourth-order valence-corrected chi connectivity index (χ4v) is 5.45. The molecule has 1 saturated heterocycles. The molecule has 0 atom stereocenters. The van der Waals surface area contributed by atoms with Gasteiger partial charge in [0.2, 0.25) is 0 Å². The molecule has 2 aromatic heterocycles. The molecular formula is C20H28N4O2S. The van der Waals surface area contributed by atoms with Crippen molar-refractivity contribution >= 4 is 27.5 Å². The van der Waals surface area contributed by atoms with Crippen molar-refractivity contribution in [3.05, 3.63) is 26.6 Å². The number of amides is 1. The number of hydrogen-bond acceptors (Lipinski definition) is 5. The molecule has 0 unspecified atom stereocenters.